The maximum atomic E-state index is 14.9. The monoisotopic (exact) mass is 402 g/mol. The Morgan fingerprint density at radius 1 is 1.00 bits per heavy atom. The molecule has 0 bridgehead atoms. The van der Waals surface area contributed by atoms with E-state index in [0.717, 1.165) is 27.7 Å². The summed E-state index contributed by atoms with van der Waals surface area (Å²) in [4.78, 5) is 0. The Labute approximate surface area is 168 Å². The summed E-state index contributed by atoms with van der Waals surface area (Å²) in [6.45, 7) is 12.0. The molecule has 2 atom stereocenters. The summed E-state index contributed by atoms with van der Waals surface area (Å²) in [7, 11) is 0.260. The van der Waals surface area contributed by atoms with E-state index >= 15 is 0 Å². The second-order valence-corrected chi connectivity index (χ2v) is 12.5. The van der Waals surface area contributed by atoms with Gasteiger partial charge >= 0.3 is 0 Å². The minimum Gasteiger partial charge on any atom is -0.496 e. The Morgan fingerprint density at radius 2 is 1.64 bits per heavy atom. The SMILES string of the molecule is COc1cccc(C)c1-c1cccc2c1[P@](=O)(C(C)(C)C)[C@@H](C(C)(C)OC)O2. The minimum absolute atomic E-state index is 0.495. The van der Waals surface area contributed by atoms with Gasteiger partial charge in [0.1, 0.15) is 17.1 Å². The zero-order chi connectivity index (χ0) is 20.9. The van der Waals surface area contributed by atoms with Gasteiger partial charge in [-0.3, -0.25) is 0 Å². The first-order valence-electron chi connectivity index (χ1n) is 9.58. The lowest BCUT2D eigenvalue weighted by molar-refractivity contribution is -0.0315. The van der Waals surface area contributed by atoms with Crippen molar-refractivity contribution < 1.29 is 18.8 Å². The molecule has 2 aromatic carbocycles. The summed E-state index contributed by atoms with van der Waals surface area (Å²) >= 11 is 0. The topological polar surface area (TPSA) is 44.8 Å². The number of hydrogen-bond donors (Lipinski definition) is 0. The first-order valence-corrected chi connectivity index (χ1v) is 11.4. The summed E-state index contributed by atoms with van der Waals surface area (Å²) in [5.74, 6) is 0.885. The predicted octanol–water partition coefficient (Wildman–Crippen LogP) is 5.60. The van der Waals surface area contributed by atoms with Crippen molar-refractivity contribution in [3.63, 3.8) is 0 Å². The van der Waals surface area contributed by atoms with E-state index < -0.39 is 23.7 Å². The first-order chi connectivity index (χ1) is 13.0. The minimum atomic E-state index is -3.05. The van der Waals surface area contributed by atoms with E-state index in [1.54, 1.807) is 14.2 Å². The van der Waals surface area contributed by atoms with Crippen LogP contribution in [-0.4, -0.2) is 30.8 Å². The average Bonchev–Trinajstić information content (AvgIpc) is 2.96. The van der Waals surface area contributed by atoms with Crippen molar-refractivity contribution in [2.45, 2.75) is 58.1 Å². The molecule has 0 N–H and O–H groups in total. The molecule has 5 heteroatoms. The van der Waals surface area contributed by atoms with E-state index in [-0.39, 0.29) is 0 Å². The number of fused-ring (bicyclic) bond motifs is 1. The fraction of sp³-hybridized carbons (Fsp3) is 0.478. The molecule has 152 valence electrons. The second kappa shape index (κ2) is 6.93. The molecule has 0 unspecified atom stereocenters. The van der Waals surface area contributed by atoms with E-state index in [0.29, 0.717) is 5.75 Å². The van der Waals surface area contributed by atoms with Crippen LogP contribution in [0, 0.1) is 6.92 Å². The molecule has 0 aromatic heterocycles. The predicted molar refractivity (Wildman–Crippen MR) is 116 cm³/mol. The van der Waals surface area contributed by atoms with Crippen molar-refractivity contribution in [3.05, 3.63) is 42.0 Å². The van der Waals surface area contributed by atoms with Gasteiger partial charge in [-0.2, -0.15) is 0 Å². The quantitative estimate of drug-likeness (QED) is 0.625. The van der Waals surface area contributed by atoms with E-state index in [9.17, 15) is 4.57 Å². The van der Waals surface area contributed by atoms with E-state index in [2.05, 4.69) is 0 Å². The largest absolute Gasteiger partial charge is 0.496 e. The van der Waals surface area contributed by atoms with Crippen LogP contribution in [0.5, 0.6) is 11.5 Å². The van der Waals surface area contributed by atoms with E-state index in [1.807, 2.05) is 77.9 Å². The highest BCUT2D eigenvalue weighted by Gasteiger charge is 2.59. The molecule has 0 spiro atoms. The maximum Gasteiger partial charge on any atom is 0.184 e. The standard InChI is InChI=1S/C23H31O4P/c1-15-11-9-13-17(25-7)19(15)16-12-10-14-18-20(16)28(24,22(2,3)4)21(27-18)23(5,6)26-8/h9-14,21H,1-8H3/t21-,28+/m0/s1. The third-order valence-electron chi connectivity index (χ3n) is 5.74. The summed E-state index contributed by atoms with van der Waals surface area (Å²) in [6.07, 6.45) is 0. The van der Waals surface area contributed by atoms with Gasteiger partial charge in [0.15, 0.2) is 13.0 Å². The number of ether oxygens (including phenoxy) is 3. The molecule has 0 radical (unpaired) electrons. The smallest absolute Gasteiger partial charge is 0.184 e. The lowest BCUT2D eigenvalue weighted by Crippen LogP contribution is -2.44. The Hall–Kier alpha value is -1.77. The van der Waals surface area contributed by atoms with Crippen LogP contribution in [0.2, 0.25) is 0 Å². The van der Waals surface area contributed by atoms with Crippen LogP contribution in [0.25, 0.3) is 11.1 Å². The Kier molecular flexibility index (Phi) is 5.19. The summed E-state index contributed by atoms with van der Waals surface area (Å²) in [6, 6.07) is 11.8. The van der Waals surface area contributed by atoms with Crippen LogP contribution in [0.1, 0.15) is 40.2 Å². The summed E-state index contributed by atoms with van der Waals surface area (Å²) in [5, 5.41) is 0.301. The first kappa shape index (κ1) is 21.0. The highest BCUT2D eigenvalue weighted by molar-refractivity contribution is 7.74. The summed E-state index contributed by atoms with van der Waals surface area (Å²) < 4.78 is 32.6. The normalized spacial score (nSPS) is 21.9. The molecule has 0 amide bonds. The van der Waals surface area contributed by atoms with Crippen LogP contribution in [0.15, 0.2) is 36.4 Å². The van der Waals surface area contributed by atoms with Crippen molar-refractivity contribution in [1.82, 2.24) is 0 Å². The zero-order valence-electron chi connectivity index (χ0n) is 18.1. The van der Waals surface area contributed by atoms with Gasteiger partial charge in [0.25, 0.3) is 0 Å². The Balaban J connectivity index is 2.38. The van der Waals surface area contributed by atoms with Crippen LogP contribution in [0.3, 0.4) is 0 Å². The fourth-order valence-electron chi connectivity index (χ4n) is 4.00. The highest BCUT2D eigenvalue weighted by atomic mass is 31.2. The van der Waals surface area contributed by atoms with Gasteiger partial charge < -0.3 is 18.8 Å². The average molecular weight is 402 g/mol. The van der Waals surface area contributed by atoms with Gasteiger partial charge in [0.05, 0.1) is 12.4 Å². The molecule has 4 nitrogen and oxygen atoms in total. The molecule has 2 aromatic rings. The summed E-state index contributed by atoms with van der Waals surface area (Å²) in [5.41, 5.74) is 2.25. The molecule has 1 heterocycles. The van der Waals surface area contributed by atoms with Crippen LogP contribution >= 0.6 is 7.14 Å². The Bertz CT molecular complexity index is 940. The maximum absolute atomic E-state index is 14.9. The van der Waals surface area contributed by atoms with Gasteiger partial charge in [0.2, 0.25) is 0 Å². The van der Waals surface area contributed by atoms with Gasteiger partial charge in [-0.25, -0.2) is 0 Å². The number of rotatable bonds is 4. The molecule has 0 aliphatic carbocycles. The van der Waals surface area contributed by atoms with E-state index in [1.165, 1.54) is 0 Å². The van der Waals surface area contributed by atoms with Crippen molar-refractivity contribution in [2.75, 3.05) is 14.2 Å². The van der Waals surface area contributed by atoms with Crippen LogP contribution in [-0.2, 0) is 9.30 Å². The molecule has 1 aliphatic rings. The molecular formula is C23H31O4P. The molecule has 28 heavy (non-hydrogen) atoms. The molecule has 0 saturated carbocycles. The van der Waals surface area contributed by atoms with Crippen LogP contribution in [0.4, 0.5) is 0 Å². The van der Waals surface area contributed by atoms with Gasteiger partial charge in [-0.05, 0) is 38.5 Å². The van der Waals surface area contributed by atoms with Crippen molar-refractivity contribution in [1.29, 1.82) is 0 Å². The number of methoxy groups -OCH3 is 2. The third kappa shape index (κ3) is 2.98. The molecule has 3 rings (SSSR count). The molecular weight excluding hydrogens is 371 g/mol. The van der Waals surface area contributed by atoms with Crippen molar-refractivity contribution in [2.24, 2.45) is 0 Å². The second-order valence-electron chi connectivity index (χ2n) is 8.91. The van der Waals surface area contributed by atoms with Crippen molar-refractivity contribution in [3.8, 4) is 22.6 Å². The number of hydrogen-bond acceptors (Lipinski definition) is 4. The number of benzene rings is 2. The van der Waals surface area contributed by atoms with Gasteiger partial charge in [-0.1, -0.05) is 45.0 Å². The Morgan fingerprint density at radius 3 is 2.21 bits per heavy atom. The number of aryl methyl sites for hydroxylation is 1. The molecule has 0 saturated heterocycles. The fourth-order valence-corrected chi connectivity index (χ4v) is 7.85. The van der Waals surface area contributed by atoms with Gasteiger partial charge in [0, 0.05) is 23.4 Å². The van der Waals surface area contributed by atoms with Crippen LogP contribution < -0.4 is 14.8 Å². The third-order valence-corrected chi connectivity index (χ3v) is 10.2. The lowest BCUT2D eigenvalue weighted by Gasteiger charge is -2.39. The highest BCUT2D eigenvalue weighted by Crippen LogP contribution is 2.69. The van der Waals surface area contributed by atoms with Crippen molar-refractivity contribution >= 4 is 12.4 Å². The van der Waals surface area contributed by atoms with Gasteiger partial charge in [-0.15, -0.1) is 0 Å². The lowest BCUT2D eigenvalue weighted by atomic mass is 9.99. The molecule has 0 fully saturated rings. The van der Waals surface area contributed by atoms with E-state index in [4.69, 9.17) is 14.2 Å². The molecule has 1 aliphatic heterocycles. The zero-order valence-corrected chi connectivity index (χ0v) is 19.0.